The van der Waals surface area contributed by atoms with Crippen LogP contribution >= 0.6 is 0 Å². The first-order valence-electron chi connectivity index (χ1n) is 6.23. The highest BCUT2D eigenvalue weighted by Crippen LogP contribution is 2.31. The minimum absolute atomic E-state index is 0.366. The van der Waals surface area contributed by atoms with E-state index in [1.165, 1.54) is 6.08 Å². The Bertz CT molecular complexity index is 656. The lowest BCUT2D eigenvalue weighted by Gasteiger charge is -2.10. The van der Waals surface area contributed by atoms with Crippen molar-refractivity contribution in [2.45, 2.75) is 0 Å². The van der Waals surface area contributed by atoms with Crippen molar-refractivity contribution in [1.29, 1.82) is 0 Å². The van der Waals surface area contributed by atoms with E-state index in [1.54, 1.807) is 0 Å². The summed E-state index contributed by atoms with van der Waals surface area (Å²) in [5, 5.41) is 9.46. The second kappa shape index (κ2) is 5.05. The van der Waals surface area contributed by atoms with Gasteiger partial charge in [-0.05, 0) is 11.1 Å². The van der Waals surface area contributed by atoms with Crippen molar-refractivity contribution in [3.05, 3.63) is 89.4 Å². The van der Waals surface area contributed by atoms with E-state index in [0.29, 0.717) is 5.76 Å². The zero-order valence-corrected chi connectivity index (χ0v) is 10.6. The molecule has 20 heavy (non-hydrogen) atoms. The first-order valence-corrected chi connectivity index (χ1v) is 6.23. The minimum atomic E-state index is -0.718. The third-order valence-electron chi connectivity index (χ3n) is 3.05. The Balaban J connectivity index is 2.21. The van der Waals surface area contributed by atoms with E-state index in [9.17, 15) is 9.90 Å². The first-order chi connectivity index (χ1) is 9.75. The first kappa shape index (κ1) is 12.2. The SMILES string of the molecule is O=C1OC(=C(c2ccccc2)c2ccccc2)C=C1O. The predicted molar refractivity (Wildman–Crippen MR) is 75.7 cm³/mol. The molecule has 0 radical (unpaired) electrons. The Hall–Kier alpha value is -2.81. The van der Waals surface area contributed by atoms with E-state index in [0.717, 1.165) is 16.7 Å². The van der Waals surface area contributed by atoms with Gasteiger partial charge in [0.15, 0.2) is 0 Å². The van der Waals surface area contributed by atoms with Gasteiger partial charge in [0.1, 0.15) is 5.76 Å². The monoisotopic (exact) mass is 264 g/mol. The maximum atomic E-state index is 11.4. The highest BCUT2D eigenvalue weighted by molar-refractivity contribution is 5.94. The number of ether oxygens (including phenoxy) is 1. The van der Waals surface area contributed by atoms with E-state index in [4.69, 9.17) is 4.74 Å². The van der Waals surface area contributed by atoms with E-state index >= 15 is 0 Å². The molecule has 0 aromatic heterocycles. The second-order valence-electron chi connectivity index (χ2n) is 4.39. The quantitative estimate of drug-likeness (QED) is 0.845. The Labute approximate surface area is 116 Å². The average Bonchev–Trinajstić information content (AvgIpc) is 2.81. The summed E-state index contributed by atoms with van der Waals surface area (Å²) in [6, 6.07) is 19.3. The van der Waals surface area contributed by atoms with Crippen molar-refractivity contribution >= 4 is 11.5 Å². The van der Waals surface area contributed by atoms with E-state index < -0.39 is 5.97 Å². The van der Waals surface area contributed by atoms with E-state index in [1.807, 2.05) is 60.7 Å². The molecule has 0 amide bonds. The summed E-state index contributed by atoms with van der Waals surface area (Å²) in [6.07, 6.45) is 1.36. The lowest BCUT2D eigenvalue weighted by molar-refractivity contribution is -0.135. The summed E-state index contributed by atoms with van der Waals surface area (Å²) in [5.41, 5.74) is 2.63. The molecule has 1 heterocycles. The molecule has 3 heteroatoms. The highest BCUT2D eigenvalue weighted by Gasteiger charge is 2.24. The zero-order valence-electron chi connectivity index (χ0n) is 10.6. The molecule has 0 unspecified atom stereocenters. The lowest BCUT2D eigenvalue weighted by Crippen LogP contribution is -1.99. The second-order valence-corrected chi connectivity index (χ2v) is 4.39. The molecular formula is C17H12O3. The molecule has 3 rings (SSSR count). The van der Waals surface area contributed by atoms with Crippen LogP contribution < -0.4 is 0 Å². The summed E-state index contributed by atoms with van der Waals surface area (Å²) in [6.45, 7) is 0. The van der Waals surface area contributed by atoms with Gasteiger partial charge in [-0.1, -0.05) is 60.7 Å². The van der Waals surface area contributed by atoms with Gasteiger partial charge in [-0.25, -0.2) is 4.79 Å². The van der Waals surface area contributed by atoms with Gasteiger partial charge in [-0.2, -0.15) is 0 Å². The van der Waals surface area contributed by atoms with Crippen molar-refractivity contribution in [2.75, 3.05) is 0 Å². The summed E-state index contributed by atoms with van der Waals surface area (Å²) in [4.78, 5) is 11.4. The van der Waals surface area contributed by atoms with Gasteiger partial charge in [0.25, 0.3) is 0 Å². The fourth-order valence-electron chi connectivity index (χ4n) is 2.15. The van der Waals surface area contributed by atoms with E-state index in [-0.39, 0.29) is 5.76 Å². The van der Waals surface area contributed by atoms with Gasteiger partial charge in [-0.15, -0.1) is 0 Å². The molecule has 1 aliphatic heterocycles. The van der Waals surface area contributed by atoms with Gasteiger partial charge < -0.3 is 9.84 Å². The number of carbonyl (C=O) groups is 1. The van der Waals surface area contributed by atoms with E-state index in [2.05, 4.69) is 0 Å². The average molecular weight is 264 g/mol. The molecular weight excluding hydrogens is 252 g/mol. The normalized spacial score (nSPS) is 13.9. The molecule has 0 bridgehead atoms. The van der Waals surface area contributed by atoms with Gasteiger partial charge in [-0.3, -0.25) is 0 Å². The summed E-state index contributed by atoms with van der Waals surface area (Å²) in [5.74, 6) is -0.723. The standard InChI is InChI=1S/C17H12O3/c18-14-11-15(20-17(14)19)16(12-7-3-1-4-8-12)13-9-5-2-6-10-13/h1-11,18H. The maximum absolute atomic E-state index is 11.4. The molecule has 0 saturated carbocycles. The number of aliphatic hydroxyl groups is 1. The van der Waals surface area contributed by atoms with Crippen LogP contribution in [0.4, 0.5) is 0 Å². The molecule has 0 atom stereocenters. The Kier molecular flexibility index (Phi) is 3.09. The molecule has 2 aromatic carbocycles. The number of rotatable bonds is 2. The third kappa shape index (κ3) is 2.21. The Morgan fingerprint density at radius 1 is 0.850 bits per heavy atom. The Morgan fingerprint density at radius 3 is 1.75 bits per heavy atom. The minimum Gasteiger partial charge on any atom is -0.502 e. The van der Waals surface area contributed by atoms with Crippen LogP contribution in [0.1, 0.15) is 11.1 Å². The maximum Gasteiger partial charge on any atom is 0.378 e. The van der Waals surface area contributed by atoms with Crippen molar-refractivity contribution < 1.29 is 14.6 Å². The van der Waals surface area contributed by atoms with Gasteiger partial charge >= 0.3 is 5.97 Å². The van der Waals surface area contributed by atoms with Crippen LogP contribution in [0.25, 0.3) is 5.57 Å². The van der Waals surface area contributed by atoms with Crippen LogP contribution in [-0.4, -0.2) is 11.1 Å². The highest BCUT2D eigenvalue weighted by atomic mass is 16.6. The summed E-state index contributed by atoms with van der Waals surface area (Å²) >= 11 is 0. The third-order valence-corrected chi connectivity index (χ3v) is 3.05. The lowest BCUT2D eigenvalue weighted by atomic mass is 9.96. The van der Waals surface area contributed by atoms with Crippen LogP contribution in [-0.2, 0) is 9.53 Å². The molecule has 98 valence electrons. The van der Waals surface area contributed by atoms with Gasteiger partial charge in [0.2, 0.25) is 5.76 Å². The molecule has 0 aliphatic carbocycles. The fraction of sp³-hybridized carbons (Fsp3) is 0. The topological polar surface area (TPSA) is 46.5 Å². The van der Waals surface area contributed by atoms with Crippen LogP contribution in [0.5, 0.6) is 0 Å². The molecule has 0 spiro atoms. The van der Waals surface area contributed by atoms with Crippen molar-refractivity contribution in [3.63, 3.8) is 0 Å². The molecule has 3 nitrogen and oxygen atoms in total. The number of allylic oxidation sites excluding steroid dienone is 1. The number of hydrogen-bond acceptors (Lipinski definition) is 3. The number of aliphatic hydroxyl groups excluding tert-OH is 1. The largest absolute Gasteiger partial charge is 0.502 e. The molecule has 0 fully saturated rings. The zero-order chi connectivity index (χ0) is 13.9. The van der Waals surface area contributed by atoms with Crippen LogP contribution in [0.3, 0.4) is 0 Å². The smallest absolute Gasteiger partial charge is 0.378 e. The number of cyclic esters (lactones) is 1. The molecule has 0 saturated heterocycles. The number of hydrogen-bond donors (Lipinski definition) is 1. The van der Waals surface area contributed by atoms with Crippen LogP contribution in [0, 0.1) is 0 Å². The Morgan fingerprint density at radius 2 is 1.35 bits per heavy atom. The molecule has 1 aliphatic rings. The predicted octanol–water partition coefficient (Wildman–Crippen LogP) is 3.44. The summed E-state index contributed by atoms with van der Waals surface area (Å²) in [7, 11) is 0. The fourth-order valence-corrected chi connectivity index (χ4v) is 2.15. The number of carbonyl (C=O) groups excluding carboxylic acids is 1. The van der Waals surface area contributed by atoms with Crippen molar-refractivity contribution in [3.8, 4) is 0 Å². The van der Waals surface area contributed by atoms with Crippen LogP contribution in [0.15, 0.2) is 78.3 Å². The van der Waals surface area contributed by atoms with Gasteiger partial charge in [0, 0.05) is 11.6 Å². The number of benzene rings is 2. The van der Waals surface area contributed by atoms with Gasteiger partial charge in [0.05, 0.1) is 0 Å². The molecule has 2 aromatic rings. The van der Waals surface area contributed by atoms with Crippen molar-refractivity contribution in [1.82, 2.24) is 0 Å². The number of esters is 1. The van der Waals surface area contributed by atoms with Crippen molar-refractivity contribution in [2.24, 2.45) is 0 Å². The van der Waals surface area contributed by atoms with Crippen LogP contribution in [0.2, 0.25) is 0 Å². The summed E-state index contributed by atoms with van der Waals surface area (Å²) < 4.78 is 5.14. The molecule has 1 N–H and O–H groups in total.